The molecule has 2 rings (SSSR count). The first-order chi connectivity index (χ1) is 10.5. The van der Waals surface area contributed by atoms with Gasteiger partial charge in [0, 0.05) is 0 Å². The number of hydrogen-bond acceptors (Lipinski definition) is 6. The quantitative estimate of drug-likeness (QED) is 0.825. The van der Waals surface area contributed by atoms with Crippen molar-refractivity contribution in [2.45, 2.75) is 13.5 Å². The molecule has 1 aromatic heterocycles. The lowest BCUT2D eigenvalue weighted by Crippen LogP contribution is -2.23. The lowest BCUT2D eigenvalue weighted by molar-refractivity contribution is -0.148. The van der Waals surface area contributed by atoms with E-state index in [0.717, 1.165) is 5.56 Å². The first kappa shape index (κ1) is 16.2. The molecule has 0 aliphatic rings. The van der Waals surface area contributed by atoms with Crippen LogP contribution in [0.15, 0.2) is 18.5 Å². The maximum atomic E-state index is 11.8. The van der Waals surface area contributed by atoms with E-state index in [9.17, 15) is 9.59 Å². The molecule has 0 saturated heterocycles. The Morgan fingerprint density at radius 3 is 2.82 bits per heavy atom. The number of benzene rings is 1. The molecule has 8 nitrogen and oxygen atoms in total. The van der Waals surface area contributed by atoms with Gasteiger partial charge in [-0.25, -0.2) is 4.68 Å². The minimum atomic E-state index is -0.649. The van der Waals surface area contributed by atoms with Gasteiger partial charge in [-0.1, -0.05) is 29.3 Å². The molecule has 1 N–H and O–H groups in total. The van der Waals surface area contributed by atoms with Crippen LogP contribution in [0.1, 0.15) is 5.56 Å². The van der Waals surface area contributed by atoms with E-state index in [4.69, 9.17) is 27.9 Å². The van der Waals surface area contributed by atoms with Crippen molar-refractivity contribution in [1.29, 1.82) is 0 Å². The number of rotatable bonds is 5. The second-order valence-electron chi connectivity index (χ2n) is 4.27. The number of carbonyl (C=O) groups is 2. The summed E-state index contributed by atoms with van der Waals surface area (Å²) in [6, 6.07) is 3.34. The van der Waals surface area contributed by atoms with Crippen LogP contribution in [0.25, 0.3) is 0 Å². The van der Waals surface area contributed by atoms with Crippen LogP contribution in [0.4, 0.5) is 5.69 Å². The maximum absolute atomic E-state index is 11.8. The average Bonchev–Trinajstić information content (AvgIpc) is 2.98. The van der Waals surface area contributed by atoms with Crippen molar-refractivity contribution < 1.29 is 14.3 Å². The smallest absolute Gasteiger partial charge is 0.328 e. The average molecular weight is 344 g/mol. The molecule has 116 valence electrons. The van der Waals surface area contributed by atoms with E-state index in [-0.39, 0.29) is 12.2 Å². The van der Waals surface area contributed by atoms with Gasteiger partial charge in [0.2, 0.25) is 0 Å². The molecule has 10 heteroatoms. The molecule has 1 aromatic carbocycles. The van der Waals surface area contributed by atoms with Crippen LogP contribution in [0, 0.1) is 6.92 Å². The molecule has 0 aliphatic heterocycles. The van der Waals surface area contributed by atoms with Crippen molar-refractivity contribution in [2.24, 2.45) is 0 Å². The summed E-state index contributed by atoms with van der Waals surface area (Å²) in [6.45, 7) is 1.12. The Labute approximate surface area is 135 Å². The Balaban J connectivity index is 1.88. The van der Waals surface area contributed by atoms with E-state index in [1.165, 1.54) is 11.0 Å². The van der Waals surface area contributed by atoms with Crippen molar-refractivity contribution in [3.8, 4) is 0 Å². The molecule has 22 heavy (non-hydrogen) atoms. The number of tetrazole rings is 1. The van der Waals surface area contributed by atoms with E-state index in [0.29, 0.717) is 10.0 Å². The third-order valence-corrected chi connectivity index (χ3v) is 3.40. The summed E-state index contributed by atoms with van der Waals surface area (Å²) in [4.78, 5) is 23.3. The minimum absolute atomic E-state index is 0.188. The van der Waals surface area contributed by atoms with Gasteiger partial charge < -0.3 is 10.1 Å². The molecule has 0 unspecified atom stereocenters. The molecule has 1 heterocycles. The SMILES string of the molecule is Cc1ccc(Cl)c(NC(=O)COC(=O)Cn2cnnn2)c1Cl. The summed E-state index contributed by atoms with van der Waals surface area (Å²) in [7, 11) is 0. The largest absolute Gasteiger partial charge is 0.454 e. The van der Waals surface area contributed by atoms with Crippen LogP contribution in [0.2, 0.25) is 10.0 Å². The summed E-state index contributed by atoms with van der Waals surface area (Å²) in [5.41, 5.74) is 1.04. The van der Waals surface area contributed by atoms with Gasteiger partial charge in [0.15, 0.2) is 6.61 Å². The summed E-state index contributed by atoms with van der Waals surface area (Å²) >= 11 is 12.0. The number of nitrogens with zero attached hydrogens (tertiary/aromatic N) is 4. The standard InChI is InChI=1S/C12H11Cl2N5O3/c1-7-2-3-8(13)12(11(7)14)16-9(20)5-22-10(21)4-19-6-15-17-18-19/h2-3,6H,4-5H2,1H3,(H,16,20). The van der Waals surface area contributed by atoms with Gasteiger partial charge >= 0.3 is 5.97 Å². The van der Waals surface area contributed by atoms with Gasteiger partial charge in [-0.2, -0.15) is 0 Å². The number of hydrogen-bond donors (Lipinski definition) is 1. The molecule has 0 aliphatic carbocycles. The summed E-state index contributed by atoms with van der Waals surface area (Å²) in [5.74, 6) is -1.21. The number of halogens is 2. The molecule has 0 radical (unpaired) electrons. The van der Waals surface area contributed by atoms with Crippen molar-refractivity contribution in [2.75, 3.05) is 11.9 Å². The van der Waals surface area contributed by atoms with E-state index < -0.39 is 18.5 Å². The number of nitrogens with one attached hydrogen (secondary N) is 1. The lowest BCUT2D eigenvalue weighted by atomic mass is 10.2. The molecular weight excluding hydrogens is 333 g/mol. The minimum Gasteiger partial charge on any atom is -0.454 e. The van der Waals surface area contributed by atoms with Gasteiger partial charge in [0.25, 0.3) is 5.91 Å². The van der Waals surface area contributed by atoms with E-state index in [1.54, 1.807) is 19.1 Å². The second-order valence-corrected chi connectivity index (χ2v) is 5.05. The highest BCUT2D eigenvalue weighted by atomic mass is 35.5. The lowest BCUT2D eigenvalue weighted by Gasteiger charge is -2.11. The van der Waals surface area contributed by atoms with Crippen LogP contribution in [-0.2, 0) is 20.9 Å². The molecule has 0 spiro atoms. The van der Waals surface area contributed by atoms with Crippen molar-refractivity contribution >= 4 is 40.8 Å². The molecule has 2 aromatic rings. The van der Waals surface area contributed by atoms with Crippen molar-refractivity contribution in [3.63, 3.8) is 0 Å². The molecule has 0 atom stereocenters. The molecule has 0 bridgehead atoms. The third-order valence-electron chi connectivity index (χ3n) is 2.60. The highest BCUT2D eigenvalue weighted by molar-refractivity contribution is 6.40. The van der Waals surface area contributed by atoms with Gasteiger partial charge in [0.1, 0.15) is 12.9 Å². The zero-order chi connectivity index (χ0) is 16.1. The van der Waals surface area contributed by atoms with E-state index in [1.807, 2.05) is 0 Å². The first-order valence-electron chi connectivity index (χ1n) is 6.08. The maximum Gasteiger partial charge on any atom is 0.328 e. The topological polar surface area (TPSA) is 99.0 Å². The van der Waals surface area contributed by atoms with Gasteiger partial charge in [-0.05, 0) is 29.0 Å². The zero-order valence-electron chi connectivity index (χ0n) is 11.4. The Kier molecular flexibility index (Phi) is 5.29. The highest BCUT2D eigenvalue weighted by Crippen LogP contribution is 2.32. The number of esters is 1. The fourth-order valence-corrected chi connectivity index (χ4v) is 1.99. The van der Waals surface area contributed by atoms with E-state index >= 15 is 0 Å². The third kappa shape index (κ3) is 4.15. The predicted molar refractivity (Wildman–Crippen MR) is 78.6 cm³/mol. The van der Waals surface area contributed by atoms with Crippen molar-refractivity contribution in [1.82, 2.24) is 20.2 Å². The second kappa shape index (κ2) is 7.19. The zero-order valence-corrected chi connectivity index (χ0v) is 12.9. The number of aromatic nitrogens is 4. The Hall–Kier alpha value is -2.19. The Morgan fingerprint density at radius 2 is 2.14 bits per heavy atom. The van der Waals surface area contributed by atoms with Gasteiger partial charge in [0.05, 0.1) is 15.7 Å². The fraction of sp³-hybridized carbons (Fsp3) is 0.250. The van der Waals surface area contributed by atoms with Gasteiger partial charge in [-0.15, -0.1) is 5.10 Å². The number of ether oxygens (including phenoxy) is 1. The summed E-state index contributed by atoms with van der Waals surface area (Å²) < 4.78 is 5.98. The molecule has 0 fully saturated rings. The van der Waals surface area contributed by atoms with Crippen LogP contribution in [0.3, 0.4) is 0 Å². The Morgan fingerprint density at radius 1 is 1.36 bits per heavy atom. The number of aryl methyl sites for hydroxylation is 1. The molecular formula is C12H11Cl2N5O3. The molecule has 0 saturated carbocycles. The first-order valence-corrected chi connectivity index (χ1v) is 6.84. The monoisotopic (exact) mass is 343 g/mol. The Bertz CT molecular complexity index is 690. The normalized spacial score (nSPS) is 10.3. The number of amides is 1. The van der Waals surface area contributed by atoms with Crippen LogP contribution < -0.4 is 5.32 Å². The van der Waals surface area contributed by atoms with E-state index in [2.05, 4.69) is 20.8 Å². The summed E-state index contributed by atoms with van der Waals surface area (Å²) in [5, 5.41) is 13.4. The molecule has 1 amide bonds. The number of anilines is 1. The fourth-order valence-electron chi connectivity index (χ4n) is 1.52. The number of carbonyl (C=O) groups excluding carboxylic acids is 2. The predicted octanol–water partition coefficient (Wildman–Crippen LogP) is 1.47. The summed E-state index contributed by atoms with van der Waals surface area (Å²) in [6.07, 6.45) is 1.26. The van der Waals surface area contributed by atoms with Crippen molar-refractivity contribution in [3.05, 3.63) is 34.1 Å². The van der Waals surface area contributed by atoms with Crippen LogP contribution in [0.5, 0.6) is 0 Å². The van der Waals surface area contributed by atoms with Gasteiger partial charge in [-0.3, -0.25) is 9.59 Å². The highest BCUT2D eigenvalue weighted by Gasteiger charge is 2.14. The van der Waals surface area contributed by atoms with Crippen LogP contribution in [-0.4, -0.2) is 38.7 Å². The van der Waals surface area contributed by atoms with Crippen LogP contribution >= 0.6 is 23.2 Å².